The van der Waals surface area contributed by atoms with Crippen molar-refractivity contribution in [3.8, 4) is 12.3 Å². The van der Waals surface area contributed by atoms with E-state index in [9.17, 15) is 5.11 Å². The molecule has 0 aromatic heterocycles. The standard InChI is InChI=1S/C11H19NO2/c1-2-3-4-7-12-11(10-13)5-8-14-9-6-11/h1,12-13H,3-10H2. The minimum atomic E-state index is -0.118. The van der Waals surface area contributed by atoms with Crippen LogP contribution in [-0.4, -0.2) is 37.0 Å². The van der Waals surface area contributed by atoms with Crippen molar-refractivity contribution in [2.24, 2.45) is 0 Å². The van der Waals surface area contributed by atoms with Gasteiger partial charge in [-0.25, -0.2) is 0 Å². The molecule has 0 saturated carbocycles. The van der Waals surface area contributed by atoms with Gasteiger partial charge in [-0.05, 0) is 25.8 Å². The minimum absolute atomic E-state index is 0.118. The zero-order valence-electron chi connectivity index (χ0n) is 8.59. The number of terminal acetylenes is 1. The summed E-state index contributed by atoms with van der Waals surface area (Å²) >= 11 is 0. The van der Waals surface area contributed by atoms with E-state index in [1.807, 2.05) is 0 Å². The van der Waals surface area contributed by atoms with Crippen LogP contribution < -0.4 is 5.32 Å². The van der Waals surface area contributed by atoms with E-state index in [2.05, 4.69) is 11.2 Å². The predicted molar refractivity (Wildman–Crippen MR) is 55.9 cm³/mol. The van der Waals surface area contributed by atoms with Crippen LogP contribution in [-0.2, 0) is 4.74 Å². The molecule has 1 heterocycles. The lowest BCUT2D eigenvalue weighted by Crippen LogP contribution is -2.52. The van der Waals surface area contributed by atoms with Crippen molar-refractivity contribution >= 4 is 0 Å². The molecule has 0 spiro atoms. The first-order chi connectivity index (χ1) is 6.83. The molecule has 1 aliphatic rings. The monoisotopic (exact) mass is 197 g/mol. The lowest BCUT2D eigenvalue weighted by molar-refractivity contribution is 0.0121. The van der Waals surface area contributed by atoms with E-state index >= 15 is 0 Å². The van der Waals surface area contributed by atoms with Gasteiger partial charge in [-0.1, -0.05) is 0 Å². The van der Waals surface area contributed by atoms with Crippen molar-refractivity contribution in [3.63, 3.8) is 0 Å². The Balaban J connectivity index is 2.26. The summed E-state index contributed by atoms with van der Waals surface area (Å²) in [4.78, 5) is 0. The van der Waals surface area contributed by atoms with Gasteiger partial charge in [0.2, 0.25) is 0 Å². The van der Waals surface area contributed by atoms with Gasteiger partial charge < -0.3 is 15.2 Å². The van der Waals surface area contributed by atoms with Crippen LogP contribution in [0.5, 0.6) is 0 Å². The van der Waals surface area contributed by atoms with Crippen molar-refractivity contribution in [1.29, 1.82) is 0 Å². The molecule has 1 saturated heterocycles. The minimum Gasteiger partial charge on any atom is -0.394 e. The summed E-state index contributed by atoms with van der Waals surface area (Å²) in [5.74, 6) is 2.61. The summed E-state index contributed by atoms with van der Waals surface area (Å²) in [6, 6.07) is 0. The first-order valence-electron chi connectivity index (χ1n) is 5.20. The predicted octanol–water partition coefficient (Wildman–Crippen LogP) is 0.531. The van der Waals surface area contributed by atoms with Crippen LogP contribution in [0.4, 0.5) is 0 Å². The van der Waals surface area contributed by atoms with E-state index in [-0.39, 0.29) is 12.1 Å². The van der Waals surface area contributed by atoms with Crippen LogP contribution in [0.3, 0.4) is 0 Å². The molecule has 0 radical (unpaired) electrons. The molecule has 1 aliphatic heterocycles. The molecule has 0 aromatic rings. The molecular formula is C11H19NO2. The first-order valence-corrected chi connectivity index (χ1v) is 5.20. The van der Waals surface area contributed by atoms with Gasteiger partial charge >= 0.3 is 0 Å². The molecule has 0 aromatic carbocycles. The average molecular weight is 197 g/mol. The third-order valence-corrected chi connectivity index (χ3v) is 2.75. The van der Waals surface area contributed by atoms with Crippen LogP contribution in [0.25, 0.3) is 0 Å². The van der Waals surface area contributed by atoms with Gasteiger partial charge in [0.15, 0.2) is 0 Å². The molecule has 0 atom stereocenters. The SMILES string of the molecule is C#CCCCNC1(CO)CCOCC1. The van der Waals surface area contributed by atoms with Crippen molar-refractivity contribution in [2.45, 2.75) is 31.2 Å². The highest BCUT2D eigenvalue weighted by molar-refractivity contribution is 4.90. The Morgan fingerprint density at radius 1 is 1.43 bits per heavy atom. The van der Waals surface area contributed by atoms with Crippen LogP contribution in [0.2, 0.25) is 0 Å². The number of nitrogens with one attached hydrogen (secondary N) is 1. The number of ether oxygens (including phenoxy) is 1. The molecule has 1 rings (SSSR count). The number of aliphatic hydroxyl groups is 1. The van der Waals surface area contributed by atoms with Gasteiger partial charge in [0.25, 0.3) is 0 Å². The van der Waals surface area contributed by atoms with Crippen LogP contribution in [0.1, 0.15) is 25.7 Å². The zero-order chi connectivity index (χ0) is 10.3. The van der Waals surface area contributed by atoms with E-state index in [1.54, 1.807) is 0 Å². The second-order valence-electron chi connectivity index (χ2n) is 3.79. The van der Waals surface area contributed by atoms with E-state index in [0.717, 1.165) is 45.4 Å². The van der Waals surface area contributed by atoms with E-state index in [4.69, 9.17) is 11.2 Å². The molecule has 80 valence electrons. The van der Waals surface area contributed by atoms with E-state index in [1.165, 1.54) is 0 Å². The highest BCUT2D eigenvalue weighted by atomic mass is 16.5. The van der Waals surface area contributed by atoms with Crippen LogP contribution in [0, 0.1) is 12.3 Å². The quantitative estimate of drug-likeness (QED) is 0.499. The Bertz CT molecular complexity index is 192. The number of aliphatic hydroxyl groups excluding tert-OH is 1. The van der Waals surface area contributed by atoms with Gasteiger partial charge in [0.05, 0.1) is 6.61 Å². The Morgan fingerprint density at radius 2 is 2.14 bits per heavy atom. The number of hydrogen-bond acceptors (Lipinski definition) is 3. The van der Waals surface area contributed by atoms with Gasteiger partial charge in [0, 0.05) is 25.2 Å². The fourth-order valence-electron chi connectivity index (χ4n) is 1.70. The molecule has 0 unspecified atom stereocenters. The second-order valence-corrected chi connectivity index (χ2v) is 3.79. The van der Waals surface area contributed by atoms with Gasteiger partial charge in [-0.3, -0.25) is 0 Å². The third kappa shape index (κ3) is 3.30. The van der Waals surface area contributed by atoms with Crippen molar-refractivity contribution in [2.75, 3.05) is 26.4 Å². The topological polar surface area (TPSA) is 41.5 Å². The zero-order valence-corrected chi connectivity index (χ0v) is 8.59. The van der Waals surface area contributed by atoms with Crippen LogP contribution >= 0.6 is 0 Å². The Kier molecular flexibility index (Phi) is 4.95. The molecular weight excluding hydrogens is 178 g/mol. The van der Waals surface area contributed by atoms with Crippen LogP contribution in [0.15, 0.2) is 0 Å². The van der Waals surface area contributed by atoms with Crippen molar-refractivity contribution in [1.82, 2.24) is 5.32 Å². The van der Waals surface area contributed by atoms with Crippen molar-refractivity contribution < 1.29 is 9.84 Å². The maximum Gasteiger partial charge on any atom is 0.0615 e. The van der Waals surface area contributed by atoms with Gasteiger partial charge in [-0.2, -0.15) is 0 Å². The Hall–Kier alpha value is -0.560. The Morgan fingerprint density at radius 3 is 2.71 bits per heavy atom. The third-order valence-electron chi connectivity index (χ3n) is 2.75. The normalized spacial score (nSPS) is 20.3. The fourth-order valence-corrected chi connectivity index (χ4v) is 1.70. The summed E-state index contributed by atoms with van der Waals surface area (Å²) in [5, 5.41) is 12.7. The van der Waals surface area contributed by atoms with Gasteiger partial charge in [0.1, 0.15) is 0 Å². The largest absolute Gasteiger partial charge is 0.394 e. The maximum absolute atomic E-state index is 9.34. The second kappa shape index (κ2) is 6.02. The highest BCUT2D eigenvalue weighted by Gasteiger charge is 2.30. The molecule has 1 fully saturated rings. The maximum atomic E-state index is 9.34. The number of unbranched alkanes of at least 4 members (excludes halogenated alkanes) is 1. The molecule has 0 bridgehead atoms. The lowest BCUT2D eigenvalue weighted by atomic mass is 9.91. The van der Waals surface area contributed by atoms with Crippen molar-refractivity contribution in [3.05, 3.63) is 0 Å². The molecule has 14 heavy (non-hydrogen) atoms. The molecule has 0 aliphatic carbocycles. The van der Waals surface area contributed by atoms with E-state index < -0.39 is 0 Å². The summed E-state index contributed by atoms with van der Waals surface area (Å²) in [6.45, 7) is 2.54. The highest BCUT2D eigenvalue weighted by Crippen LogP contribution is 2.19. The first kappa shape index (κ1) is 11.5. The average Bonchev–Trinajstić information content (AvgIpc) is 2.26. The summed E-state index contributed by atoms with van der Waals surface area (Å²) in [6.07, 6.45) is 8.71. The van der Waals surface area contributed by atoms with E-state index in [0.29, 0.717) is 0 Å². The summed E-state index contributed by atoms with van der Waals surface area (Å²) in [5.41, 5.74) is -0.118. The summed E-state index contributed by atoms with van der Waals surface area (Å²) in [7, 11) is 0. The molecule has 2 N–H and O–H groups in total. The fraction of sp³-hybridized carbons (Fsp3) is 0.818. The molecule has 3 heteroatoms. The Labute approximate surface area is 85.8 Å². The number of rotatable bonds is 5. The molecule has 3 nitrogen and oxygen atoms in total. The molecule has 0 amide bonds. The lowest BCUT2D eigenvalue weighted by Gasteiger charge is -2.36. The number of hydrogen-bond donors (Lipinski definition) is 2. The summed E-state index contributed by atoms with van der Waals surface area (Å²) < 4.78 is 5.27. The van der Waals surface area contributed by atoms with Gasteiger partial charge in [-0.15, -0.1) is 12.3 Å². The smallest absolute Gasteiger partial charge is 0.0615 e.